The largest absolute Gasteiger partial charge is 0.378 e. The molecule has 168 valence electrons. The van der Waals surface area contributed by atoms with Crippen molar-refractivity contribution in [2.45, 2.75) is 19.9 Å². The smallest absolute Gasteiger partial charge is 0.253 e. The molecule has 0 radical (unpaired) electrons. The number of ether oxygens (including phenoxy) is 1. The van der Waals surface area contributed by atoms with Crippen LogP contribution in [0.15, 0.2) is 61.1 Å². The molecule has 7 heteroatoms. The number of nitrogens with one attached hydrogen (secondary N) is 2. The highest BCUT2D eigenvalue weighted by Gasteiger charge is 2.17. The zero-order chi connectivity index (χ0) is 22.8. The maximum Gasteiger partial charge on any atom is 0.253 e. The number of nitrogens with zero attached hydrogens (tertiary/aromatic N) is 3. The Morgan fingerprint density at radius 3 is 2.67 bits per heavy atom. The van der Waals surface area contributed by atoms with E-state index in [1.807, 2.05) is 56.4 Å². The van der Waals surface area contributed by atoms with Crippen molar-refractivity contribution >= 4 is 22.8 Å². The van der Waals surface area contributed by atoms with Gasteiger partial charge in [-0.25, -0.2) is 9.97 Å². The average molecular weight is 442 g/mol. The molecule has 3 aromatic heterocycles. The third kappa shape index (κ3) is 4.45. The van der Waals surface area contributed by atoms with E-state index in [9.17, 15) is 4.79 Å². The Kier molecular flexibility index (Phi) is 5.79. The predicted molar refractivity (Wildman–Crippen MR) is 129 cm³/mol. The zero-order valence-corrected chi connectivity index (χ0v) is 18.8. The van der Waals surface area contributed by atoms with Gasteiger partial charge in [0.2, 0.25) is 0 Å². The molecule has 4 aromatic rings. The number of pyridine rings is 2. The van der Waals surface area contributed by atoms with Crippen LogP contribution in [0.1, 0.15) is 34.5 Å². The first kappa shape index (κ1) is 21.2. The fraction of sp³-hybridized carbons (Fsp3) is 0.269. The predicted octanol–water partition coefficient (Wildman–Crippen LogP) is 4.26. The Morgan fingerprint density at radius 1 is 1.09 bits per heavy atom. The van der Waals surface area contributed by atoms with Crippen molar-refractivity contribution in [2.24, 2.45) is 0 Å². The molecular weight excluding hydrogens is 414 g/mol. The zero-order valence-electron chi connectivity index (χ0n) is 18.8. The number of morpholine rings is 1. The summed E-state index contributed by atoms with van der Waals surface area (Å²) in [6.45, 7) is 7.20. The summed E-state index contributed by atoms with van der Waals surface area (Å²) in [6.07, 6.45) is 5.39. The summed E-state index contributed by atoms with van der Waals surface area (Å²) in [5, 5.41) is 3.90. The first-order valence-electron chi connectivity index (χ1n) is 11.2. The maximum atomic E-state index is 13.1. The molecule has 1 aliphatic heterocycles. The number of anilines is 1. The Balaban J connectivity index is 1.38. The van der Waals surface area contributed by atoms with Crippen LogP contribution in [0.5, 0.6) is 0 Å². The lowest BCUT2D eigenvalue weighted by molar-refractivity contribution is 0.0941. The molecule has 0 saturated carbocycles. The monoisotopic (exact) mass is 441 g/mol. The molecule has 33 heavy (non-hydrogen) atoms. The molecule has 0 spiro atoms. The minimum absolute atomic E-state index is 0.101. The van der Waals surface area contributed by atoms with Gasteiger partial charge in [0.15, 0.2) is 0 Å². The number of amides is 1. The fourth-order valence-corrected chi connectivity index (χ4v) is 4.18. The van der Waals surface area contributed by atoms with Crippen LogP contribution in [0.2, 0.25) is 0 Å². The normalized spacial score (nSPS) is 14.9. The minimum Gasteiger partial charge on any atom is -0.378 e. The molecule has 1 saturated heterocycles. The Morgan fingerprint density at radius 2 is 1.91 bits per heavy atom. The van der Waals surface area contributed by atoms with Crippen molar-refractivity contribution < 1.29 is 9.53 Å². The van der Waals surface area contributed by atoms with Crippen molar-refractivity contribution in [3.05, 3.63) is 77.7 Å². The molecule has 5 rings (SSSR count). The van der Waals surface area contributed by atoms with Crippen molar-refractivity contribution in [3.63, 3.8) is 0 Å². The van der Waals surface area contributed by atoms with E-state index in [1.165, 1.54) is 5.56 Å². The number of H-pyrrole nitrogens is 1. The van der Waals surface area contributed by atoms with Crippen LogP contribution in [0.3, 0.4) is 0 Å². The lowest BCUT2D eigenvalue weighted by Crippen LogP contribution is -2.36. The van der Waals surface area contributed by atoms with Gasteiger partial charge < -0.3 is 19.9 Å². The number of fused-ring (bicyclic) bond motifs is 1. The van der Waals surface area contributed by atoms with Crippen molar-refractivity contribution in [1.29, 1.82) is 0 Å². The highest BCUT2D eigenvalue weighted by molar-refractivity contribution is 6.06. The van der Waals surface area contributed by atoms with Crippen LogP contribution in [0, 0.1) is 6.92 Å². The summed E-state index contributed by atoms with van der Waals surface area (Å²) in [4.78, 5) is 27.6. The van der Waals surface area contributed by atoms with Crippen molar-refractivity contribution in [2.75, 3.05) is 31.2 Å². The van der Waals surface area contributed by atoms with Gasteiger partial charge in [-0.1, -0.05) is 29.8 Å². The van der Waals surface area contributed by atoms with Gasteiger partial charge in [-0.15, -0.1) is 0 Å². The molecule has 7 nitrogen and oxygen atoms in total. The maximum absolute atomic E-state index is 13.1. The van der Waals surface area contributed by atoms with Crippen molar-refractivity contribution in [3.8, 4) is 11.1 Å². The number of hydrogen-bond donors (Lipinski definition) is 2. The average Bonchev–Trinajstić information content (AvgIpc) is 3.28. The van der Waals surface area contributed by atoms with Crippen LogP contribution in [-0.2, 0) is 4.74 Å². The minimum atomic E-state index is -0.130. The van der Waals surface area contributed by atoms with E-state index in [0.29, 0.717) is 11.2 Å². The number of carbonyl (C=O) groups excluding carboxylic acids is 1. The van der Waals surface area contributed by atoms with Crippen LogP contribution in [0.4, 0.5) is 5.82 Å². The lowest BCUT2D eigenvalue weighted by atomic mass is 10.0. The molecule has 4 heterocycles. The number of aromatic nitrogens is 3. The molecule has 0 aliphatic carbocycles. The Hall–Kier alpha value is -3.71. The third-order valence-corrected chi connectivity index (χ3v) is 6.08. The van der Waals surface area contributed by atoms with E-state index in [0.717, 1.165) is 54.2 Å². The first-order valence-corrected chi connectivity index (χ1v) is 11.2. The van der Waals surface area contributed by atoms with Gasteiger partial charge in [-0.3, -0.25) is 4.79 Å². The van der Waals surface area contributed by atoms with Crippen LogP contribution in [-0.4, -0.2) is 47.2 Å². The molecule has 1 atom stereocenters. The van der Waals surface area contributed by atoms with E-state index in [4.69, 9.17) is 4.74 Å². The number of hydrogen-bond acceptors (Lipinski definition) is 5. The molecular formula is C26H27N5O2. The van der Waals surface area contributed by atoms with E-state index in [2.05, 4.69) is 31.2 Å². The highest BCUT2D eigenvalue weighted by Crippen LogP contribution is 2.26. The van der Waals surface area contributed by atoms with Crippen LogP contribution < -0.4 is 10.2 Å². The standard InChI is InChI=1S/C26H27N5O2/c1-17-4-3-5-19(12-17)18(2)30-26(32)23-16-29-25-22(23)13-21(15-28-25)20-6-7-24(27-14-20)31-8-10-33-11-9-31/h3-7,12-16,18H,8-11H2,1-2H3,(H,28,29)(H,30,32)/t18-/m0/s1. The van der Waals surface area contributed by atoms with Gasteiger partial charge in [0.1, 0.15) is 11.5 Å². The molecule has 0 bridgehead atoms. The third-order valence-electron chi connectivity index (χ3n) is 6.08. The first-order chi connectivity index (χ1) is 16.1. The number of benzene rings is 1. The van der Waals surface area contributed by atoms with Crippen molar-refractivity contribution in [1.82, 2.24) is 20.3 Å². The quantitative estimate of drug-likeness (QED) is 0.484. The van der Waals surface area contributed by atoms with Crippen LogP contribution >= 0.6 is 0 Å². The van der Waals surface area contributed by atoms with Gasteiger partial charge >= 0.3 is 0 Å². The van der Waals surface area contributed by atoms with E-state index < -0.39 is 0 Å². The second kappa shape index (κ2) is 9.03. The van der Waals surface area contributed by atoms with Crippen LogP contribution in [0.25, 0.3) is 22.2 Å². The Labute approximate surface area is 192 Å². The number of aryl methyl sites for hydroxylation is 1. The summed E-state index contributed by atoms with van der Waals surface area (Å²) in [5.74, 6) is 0.818. The lowest BCUT2D eigenvalue weighted by Gasteiger charge is -2.27. The number of rotatable bonds is 5. The Bertz CT molecular complexity index is 1280. The SMILES string of the molecule is Cc1cccc([C@H](C)NC(=O)c2c[nH]c3ncc(-c4ccc(N5CCOCC5)nc4)cc23)c1. The van der Waals surface area contributed by atoms with Gasteiger partial charge in [0.25, 0.3) is 5.91 Å². The fourth-order valence-electron chi connectivity index (χ4n) is 4.18. The molecule has 2 N–H and O–H groups in total. The van der Waals surface area contributed by atoms with Gasteiger partial charge in [0.05, 0.1) is 24.8 Å². The number of carbonyl (C=O) groups is 1. The summed E-state index contributed by atoms with van der Waals surface area (Å²) in [7, 11) is 0. The molecule has 1 amide bonds. The highest BCUT2D eigenvalue weighted by atomic mass is 16.5. The summed E-state index contributed by atoms with van der Waals surface area (Å²) >= 11 is 0. The second-order valence-corrected chi connectivity index (χ2v) is 8.44. The summed E-state index contributed by atoms with van der Waals surface area (Å²) in [5.41, 5.74) is 5.39. The van der Waals surface area contributed by atoms with E-state index in [-0.39, 0.29) is 11.9 Å². The summed E-state index contributed by atoms with van der Waals surface area (Å²) < 4.78 is 5.42. The molecule has 1 aliphatic rings. The molecule has 0 unspecified atom stereocenters. The van der Waals surface area contributed by atoms with Gasteiger partial charge in [-0.05, 0) is 37.6 Å². The molecule has 1 aromatic carbocycles. The summed E-state index contributed by atoms with van der Waals surface area (Å²) in [6, 6.07) is 14.1. The van der Waals surface area contributed by atoms with Gasteiger partial charge in [-0.2, -0.15) is 0 Å². The number of aromatic amines is 1. The topological polar surface area (TPSA) is 83.1 Å². The van der Waals surface area contributed by atoms with Gasteiger partial charge in [0, 0.05) is 48.2 Å². The van der Waals surface area contributed by atoms with E-state index in [1.54, 1.807) is 12.4 Å². The molecule has 1 fully saturated rings. The second-order valence-electron chi connectivity index (χ2n) is 8.44. The van der Waals surface area contributed by atoms with E-state index >= 15 is 0 Å².